The summed E-state index contributed by atoms with van der Waals surface area (Å²) < 4.78 is 19.0. The Labute approximate surface area is 140 Å². The van der Waals surface area contributed by atoms with Gasteiger partial charge in [-0.1, -0.05) is 12.1 Å². The van der Waals surface area contributed by atoms with Gasteiger partial charge in [0.2, 0.25) is 5.91 Å². The maximum atomic E-state index is 13.7. The predicted molar refractivity (Wildman–Crippen MR) is 89.1 cm³/mol. The Morgan fingerprint density at radius 3 is 2.79 bits per heavy atom. The van der Waals surface area contributed by atoms with E-state index in [-0.39, 0.29) is 11.7 Å². The lowest BCUT2D eigenvalue weighted by Gasteiger charge is -2.33. The lowest BCUT2D eigenvalue weighted by Crippen LogP contribution is -2.43. The Hall–Kier alpha value is -2.31. The van der Waals surface area contributed by atoms with Crippen molar-refractivity contribution in [1.29, 1.82) is 0 Å². The summed E-state index contributed by atoms with van der Waals surface area (Å²) in [5.74, 6) is -0.536. The van der Waals surface area contributed by atoms with Gasteiger partial charge in [0.1, 0.15) is 11.9 Å². The molecule has 1 fully saturated rings. The van der Waals surface area contributed by atoms with E-state index < -0.39 is 6.04 Å². The molecule has 0 bridgehead atoms. The van der Waals surface area contributed by atoms with Crippen LogP contribution in [0, 0.1) is 12.7 Å². The molecule has 3 rings (SSSR count). The molecular formula is C18H20FN3O2. The van der Waals surface area contributed by atoms with Crippen molar-refractivity contribution in [3.63, 3.8) is 0 Å². The van der Waals surface area contributed by atoms with Gasteiger partial charge in [0.05, 0.1) is 13.2 Å². The number of carbonyl (C=O) groups is 1. The van der Waals surface area contributed by atoms with E-state index in [0.29, 0.717) is 37.6 Å². The third-order valence-corrected chi connectivity index (χ3v) is 3.99. The van der Waals surface area contributed by atoms with E-state index in [1.807, 2.05) is 11.8 Å². The molecule has 1 atom stereocenters. The number of morpholine rings is 1. The zero-order chi connectivity index (χ0) is 16.9. The van der Waals surface area contributed by atoms with Crippen molar-refractivity contribution in [3.8, 4) is 0 Å². The molecular weight excluding hydrogens is 309 g/mol. The van der Waals surface area contributed by atoms with Crippen molar-refractivity contribution in [1.82, 2.24) is 9.88 Å². The molecule has 1 aliphatic heterocycles. The Kier molecular flexibility index (Phi) is 5.17. The van der Waals surface area contributed by atoms with Gasteiger partial charge < -0.3 is 10.1 Å². The van der Waals surface area contributed by atoms with Gasteiger partial charge in [0.15, 0.2) is 0 Å². The Bertz CT molecular complexity index is 717. The van der Waals surface area contributed by atoms with Gasteiger partial charge in [-0.2, -0.15) is 0 Å². The first kappa shape index (κ1) is 16.5. The third kappa shape index (κ3) is 3.96. The fraction of sp³-hybridized carbons (Fsp3) is 0.333. The van der Waals surface area contributed by atoms with Crippen molar-refractivity contribution in [2.45, 2.75) is 13.0 Å². The molecule has 1 aliphatic rings. The molecule has 2 aromatic rings. The zero-order valence-electron chi connectivity index (χ0n) is 13.5. The molecule has 0 unspecified atom stereocenters. The van der Waals surface area contributed by atoms with E-state index in [0.717, 1.165) is 5.69 Å². The highest BCUT2D eigenvalue weighted by Gasteiger charge is 2.29. The standard InChI is InChI=1S/C18H20FN3O2/c1-13-11-16(5-6-20-13)21-18(23)17(22-7-9-24-10-8-22)14-3-2-4-15(19)12-14/h2-6,11-12,17H,7-10H2,1H3,(H,20,21,23)/t17-/m1/s1. The summed E-state index contributed by atoms with van der Waals surface area (Å²) in [6, 6.07) is 9.19. The number of carbonyl (C=O) groups excluding carboxylic acids is 1. The Morgan fingerprint density at radius 1 is 1.29 bits per heavy atom. The monoisotopic (exact) mass is 329 g/mol. The molecule has 6 heteroatoms. The maximum absolute atomic E-state index is 13.7. The summed E-state index contributed by atoms with van der Waals surface area (Å²) in [4.78, 5) is 19.0. The fourth-order valence-electron chi connectivity index (χ4n) is 2.87. The molecule has 1 saturated heterocycles. The number of aryl methyl sites for hydroxylation is 1. The van der Waals surface area contributed by atoms with Crippen LogP contribution in [0.3, 0.4) is 0 Å². The summed E-state index contributed by atoms with van der Waals surface area (Å²) in [7, 11) is 0. The highest BCUT2D eigenvalue weighted by atomic mass is 19.1. The number of pyridine rings is 1. The smallest absolute Gasteiger partial charge is 0.246 e. The van der Waals surface area contributed by atoms with Gasteiger partial charge >= 0.3 is 0 Å². The second-order valence-corrected chi connectivity index (χ2v) is 5.78. The number of hydrogen-bond donors (Lipinski definition) is 1. The van der Waals surface area contributed by atoms with Gasteiger partial charge in [-0.05, 0) is 36.8 Å². The zero-order valence-corrected chi connectivity index (χ0v) is 13.5. The number of nitrogens with one attached hydrogen (secondary N) is 1. The van der Waals surface area contributed by atoms with Gasteiger partial charge in [-0.25, -0.2) is 4.39 Å². The minimum Gasteiger partial charge on any atom is -0.379 e. The quantitative estimate of drug-likeness (QED) is 0.936. The van der Waals surface area contributed by atoms with E-state index in [9.17, 15) is 9.18 Å². The number of halogens is 1. The number of hydrogen-bond acceptors (Lipinski definition) is 4. The second kappa shape index (κ2) is 7.51. The van der Waals surface area contributed by atoms with Crippen LogP contribution in [-0.4, -0.2) is 42.1 Å². The largest absolute Gasteiger partial charge is 0.379 e. The molecule has 0 saturated carbocycles. The van der Waals surface area contributed by atoms with Gasteiger partial charge in [0, 0.05) is 30.7 Å². The van der Waals surface area contributed by atoms with Crippen LogP contribution in [0.2, 0.25) is 0 Å². The summed E-state index contributed by atoms with van der Waals surface area (Å²) in [6.07, 6.45) is 1.65. The lowest BCUT2D eigenvalue weighted by atomic mass is 10.0. The molecule has 5 nitrogen and oxygen atoms in total. The molecule has 1 aromatic heterocycles. The van der Waals surface area contributed by atoms with Crippen LogP contribution in [0.5, 0.6) is 0 Å². The highest BCUT2D eigenvalue weighted by molar-refractivity contribution is 5.95. The van der Waals surface area contributed by atoms with Crippen LogP contribution in [0.15, 0.2) is 42.6 Å². The van der Waals surface area contributed by atoms with Crippen LogP contribution in [0.4, 0.5) is 10.1 Å². The summed E-state index contributed by atoms with van der Waals surface area (Å²) >= 11 is 0. The Morgan fingerprint density at radius 2 is 2.08 bits per heavy atom. The van der Waals surface area contributed by atoms with Crippen molar-refractivity contribution in [2.24, 2.45) is 0 Å². The normalized spacial score (nSPS) is 16.6. The highest BCUT2D eigenvalue weighted by Crippen LogP contribution is 2.24. The molecule has 1 aromatic carbocycles. The van der Waals surface area contributed by atoms with Crippen molar-refractivity contribution < 1.29 is 13.9 Å². The number of nitrogens with zero attached hydrogens (tertiary/aromatic N) is 2. The number of rotatable bonds is 4. The maximum Gasteiger partial charge on any atom is 0.246 e. The molecule has 1 N–H and O–H groups in total. The number of ether oxygens (including phenoxy) is 1. The van der Waals surface area contributed by atoms with E-state index in [2.05, 4.69) is 10.3 Å². The average Bonchev–Trinajstić information content (AvgIpc) is 2.56. The number of amides is 1. The Balaban J connectivity index is 1.87. The molecule has 1 amide bonds. The first-order valence-corrected chi connectivity index (χ1v) is 7.94. The molecule has 126 valence electrons. The van der Waals surface area contributed by atoms with Gasteiger partial charge in [-0.3, -0.25) is 14.7 Å². The second-order valence-electron chi connectivity index (χ2n) is 5.78. The van der Waals surface area contributed by atoms with Crippen LogP contribution in [-0.2, 0) is 9.53 Å². The first-order valence-electron chi connectivity index (χ1n) is 7.94. The minimum atomic E-state index is -0.557. The van der Waals surface area contributed by atoms with E-state index in [4.69, 9.17) is 4.74 Å². The summed E-state index contributed by atoms with van der Waals surface area (Å²) in [5, 5.41) is 2.91. The molecule has 0 radical (unpaired) electrons. The molecule has 24 heavy (non-hydrogen) atoms. The van der Waals surface area contributed by atoms with Crippen molar-refractivity contribution >= 4 is 11.6 Å². The van der Waals surface area contributed by atoms with Crippen molar-refractivity contribution in [3.05, 3.63) is 59.7 Å². The van der Waals surface area contributed by atoms with Crippen LogP contribution < -0.4 is 5.32 Å². The average molecular weight is 329 g/mol. The van der Waals surface area contributed by atoms with Crippen LogP contribution >= 0.6 is 0 Å². The molecule has 0 spiro atoms. The number of benzene rings is 1. The SMILES string of the molecule is Cc1cc(NC(=O)[C@@H](c2cccc(F)c2)N2CCOCC2)ccn1. The lowest BCUT2D eigenvalue weighted by molar-refractivity contribution is -0.123. The number of anilines is 1. The van der Waals surface area contributed by atoms with Crippen LogP contribution in [0.1, 0.15) is 17.3 Å². The van der Waals surface area contributed by atoms with E-state index >= 15 is 0 Å². The summed E-state index contributed by atoms with van der Waals surface area (Å²) in [5.41, 5.74) is 2.14. The fourth-order valence-corrected chi connectivity index (χ4v) is 2.87. The number of aromatic nitrogens is 1. The molecule has 2 heterocycles. The topological polar surface area (TPSA) is 54.5 Å². The van der Waals surface area contributed by atoms with Crippen molar-refractivity contribution in [2.75, 3.05) is 31.6 Å². The van der Waals surface area contributed by atoms with E-state index in [1.165, 1.54) is 12.1 Å². The first-order chi connectivity index (χ1) is 11.6. The molecule has 0 aliphatic carbocycles. The predicted octanol–water partition coefficient (Wildman–Crippen LogP) is 2.54. The van der Waals surface area contributed by atoms with Gasteiger partial charge in [-0.15, -0.1) is 0 Å². The minimum absolute atomic E-state index is 0.187. The van der Waals surface area contributed by atoms with Gasteiger partial charge in [0.25, 0.3) is 0 Å². The third-order valence-electron chi connectivity index (χ3n) is 3.99. The van der Waals surface area contributed by atoms with E-state index in [1.54, 1.807) is 30.5 Å². The summed E-state index contributed by atoms with van der Waals surface area (Å²) in [6.45, 7) is 4.25. The van der Waals surface area contributed by atoms with Crippen LogP contribution in [0.25, 0.3) is 0 Å².